The van der Waals surface area contributed by atoms with E-state index in [-0.39, 0.29) is 5.56 Å². The number of likely N-dealkylation sites (N-methyl/N-ethyl adjacent to an activating group) is 1. The Morgan fingerprint density at radius 2 is 1.83 bits per heavy atom. The van der Waals surface area contributed by atoms with Gasteiger partial charge in [-0.2, -0.15) is 0 Å². The maximum atomic E-state index is 13.6. The number of nitrogens with zero attached hydrogens (tertiary/aromatic N) is 3. The summed E-state index contributed by atoms with van der Waals surface area (Å²) in [6.45, 7) is 12.4. The molecule has 0 N–H and O–H groups in total. The molecule has 0 fully saturated rings. The second-order valence-corrected chi connectivity index (χ2v) is 8.54. The van der Waals surface area contributed by atoms with E-state index < -0.39 is 0 Å². The number of thiophene rings is 1. The Hall–Kier alpha value is -2.02. The SMILES string of the molecule is CCN(CC)CCn1c(CCOC)nc2sc(C)c(-c3ccc(C)cc3)c2c1=O. The number of hydrogen-bond donors (Lipinski definition) is 0. The molecule has 2 aromatic heterocycles. The van der Waals surface area contributed by atoms with E-state index in [0.29, 0.717) is 19.6 Å². The van der Waals surface area contributed by atoms with Gasteiger partial charge in [0.2, 0.25) is 0 Å². The van der Waals surface area contributed by atoms with Gasteiger partial charge in [-0.1, -0.05) is 43.7 Å². The number of ether oxygens (including phenoxy) is 1. The first-order valence-corrected chi connectivity index (χ1v) is 11.1. The summed E-state index contributed by atoms with van der Waals surface area (Å²) in [6, 6.07) is 8.39. The van der Waals surface area contributed by atoms with Gasteiger partial charge in [0.25, 0.3) is 5.56 Å². The Bertz CT molecular complexity index is 1020. The Labute approximate surface area is 177 Å². The minimum Gasteiger partial charge on any atom is -0.384 e. The van der Waals surface area contributed by atoms with Crippen LogP contribution in [0.15, 0.2) is 29.1 Å². The highest BCUT2D eigenvalue weighted by molar-refractivity contribution is 7.19. The van der Waals surface area contributed by atoms with E-state index in [1.807, 2.05) is 4.57 Å². The third kappa shape index (κ3) is 4.60. The number of aromatic nitrogens is 2. The molecule has 0 atom stereocenters. The lowest BCUT2D eigenvalue weighted by atomic mass is 10.0. The van der Waals surface area contributed by atoms with E-state index in [1.165, 1.54) is 5.56 Å². The molecule has 5 nitrogen and oxygen atoms in total. The van der Waals surface area contributed by atoms with Gasteiger partial charge in [-0.15, -0.1) is 11.3 Å². The fourth-order valence-corrected chi connectivity index (χ4v) is 4.76. The highest BCUT2D eigenvalue weighted by Crippen LogP contribution is 2.35. The standard InChI is InChI=1S/C23H31N3O2S/c1-6-25(7-2)13-14-26-19(12-15-28-5)24-22-21(23(26)27)20(17(4)29-22)18-10-8-16(3)9-11-18/h8-11H,6-7,12-15H2,1-5H3. The zero-order valence-electron chi connectivity index (χ0n) is 18.1. The molecule has 29 heavy (non-hydrogen) atoms. The maximum Gasteiger partial charge on any atom is 0.262 e. The predicted octanol–water partition coefficient (Wildman–Crippen LogP) is 4.27. The van der Waals surface area contributed by atoms with Crippen molar-refractivity contribution in [3.05, 3.63) is 50.9 Å². The van der Waals surface area contributed by atoms with E-state index in [2.05, 4.69) is 56.9 Å². The lowest BCUT2D eigenvalue weighted by Crippen LogP contribution is -2.33. The number of rotatable bonds is 9. The molecule has 0 aliphatic carbocycles. The summed E-state index contributed by atoms with van der Waals surface area (Å²) in [5, 5.41) is 0.747. The normalized spacial score (nSPS) is 11.7. The zero-order valence-corrected chi connectivity index (χ0v) is 18.9. The van der Waals surface area contributed by atoms with Crippen LogP contribution in [0.2, 0.25) is 0 Å². The second-order valence-electron chi connectivity index (χ2n) is 7.33. The second kappa shape index (κ2) is 9.65. The average Bonchev–Trinajstić information content (AvgIpc) is 3.05. The van der Waals surface area contributed by atoms with Gasteiger partial charge >= 0.3 is 0 Å². The first-order chi connectivity index (χ1) is 14.0. The molecule has 3 rings (SSSR count). The molecule has 0 aliphatic rings. The van der Waals surface area contributed by atoms with Crippen LogP contribution >= 0.6 is 11.3 Å². The van der Waals surface area contributed by atoms with Gasteiger partial charge in [-0.3, -0.25) is 9.36 Å². The van der Waals surface area contributed by atoms with Gasteiger partial charge in [-0.25, -0.2) is 4.98 Å². The number of fused-ring (bicyclic) bond motifs is 1. The summed E-state index contributed by atoms with van der Waals surface area (Å²) in [5.74, 6) is 0.813. The van der Waals surface area contributed by atoms with Crippen molar-refractivity contribution in [3.8, 4) is 11.1 Å². The van der Waals surface area contributed by atoms with Crippen LogP contribution in [-0.4, -0.2) is 47.8 Å². The molecule has 6 heteroatoms. The summed E-state index contributed by atoms with van der Waals surface area (Å²) in [5.41, 5.74) is 3.38. The van der Waals surface area contributed by atoms with Crippen LogP contribution in [-0.2, 0) is 17.7 Å². The van der Waals surface area contributed by atoms with Crippen molar-refractivity contribution in [3.63, 3.8) is 0 Å². The van der Waals surface area contributed by atoms with Gasteiger partial charge in [0.05, 0.1) is 12.0 Å². The molecule has 156 valence electrons. The molecule has 0 bridgehead atoms. The van der Waals surface area contributed by atoms with Gasteiger partial charge in [0, 0.05) is 37.1 Å². The van der Waals surface area contributed by atoms with E-state index in [9.17, 15) is 4.79 Å². The van der Waals surface area contributed by atoms with Gasteiger partial charge < -0.3 is 9.64 Å². The molecule has 0 spiro atoms. The van der Waals surface area contributed by atoms with Crippen molar-refractivity contribution in [1.82, 2.24) is 14.5 Å². The van der Waals surface area contributed by atoms with Crippen molar-refractivity contribution in [1.29, 1.82) is 0 Å². The van der Waals surface area contributed by atoms with Gasteiger partial charge in [-0.05, 0) is 32.5 Å². The predicted molar refractivity (Wildman–Crippen MR) is 122 cm³/mol. The molecule has 1 aromatic carbocycles. The molecule has 2 heterocycles. The number of hydrogen-bond acceptors (Lipinski definition) is 5. The smallest absolute Gasteiger partial charge is 0.262 e. The van der Waals surface area contributed by atoms with Gasteiger partial charge in [0.15, 0.2) is 0 Å². The van der Waals surface area contributed by atoms with Crippen LogP contribution in [0.1, 0.15) is 30.1 Å². The van der Waals surface area contributed by atoms with Crippen LogP contribution in [0.25, 0.3) is 21.3 Å². The third-order valence-corrected chi connectivity index (χ3v) is 6.47. The van der Waals surface area contributed by atoms with E-state index >= 15 is 0 Å². The van der Waals surface area contributed by atoms with Crippen LogP contribution in [0.3, 0.4) is 0 Å². The molecule has 0 aliphatic heterocycles. The lowest BCUT2D eigenvalue weighted by molar-refractivity contribution is 0.198. The average molecular weight is 414 g/mol. The topological polar surface area (TPSA) is 47.4 Å². The first-order valence-electron chi connectivity index (χ1n) is 10.3. The zero-order chi connectivity index (χ0) is 21.0. The van der Waals surface area contributed by atoms with Crippen LogP contribution < -0.4 is 5.56 Å². The van der Waals surface area contributed by atoms with E-state index in [0.717, 1.165) is 51.7 Å². The fourth-order valence-electron chi connectivity index (χ4n) is 3.70. The van der Waals surface area contributed by atoms with Gasteiger partial charge in [0.1, 0.15) is 10.7 Å². The molecule has 0 radical (unpaired) electrons. The van der Waals surface area contributed by atoms with Crippen LogP contribution in [0, 0.1) is 13.8 Å². The number of methoxy groups -OCH3 is 1. The van der Waals surface area contributed by atoms with Crippen molar-refractivity contribution < 1.29 is 4.74 Å². The monoisotopic (exact) mass is 413 g/mol. The summed E-state index contributed by atoms with van der Waals surface area (Å²) in [6.07, 6.45) is 0.636. The summed E-state index contributed by atoms with van der Waals surface area (Å²) >= 11 is 1.61. The molecular weight excluding hydrogens is 382 g/mol. The van der Waals surface area contributed by atoms with Crippen LogP contribution in [0.5, 0.6) is 0 Å². The van der Waals surface area contributed by atoms with E-state index in [1.54, 1.807) is 18.4 Å². The minimum atomic E-state index is 0.0631. The molecule has 0 saturated carbocycles. The summed E-state index contributed by atoms with van der Waals surface area (Å²) in [4.78, 5) is 22.8. The Morgan fingerprint density at radius 3 is 2.45 bits per heavy atom. The lowest BCUT2D eigenvalue weighted by Gasteiger charge is -2.20. The Balaban J connectivity index is 2.15. The molecular formula is C23H31N3O2S. The summed E-state index contributed by atoms with van der Waals surface area (Å²) < 4.78 is 7.13. The molecule has 3 aromatic rings. The number of benzene rings is 1. The van der Waals surface area contributed by atoms with E-state index in [4.69, 9.17) is 9.72 Å². The van der Waals surface area contributed by atoms with Crippen molar-refractivity contribution >= 4 is 21.6 Å². The Morgan fingerprint density at radius 1 is 1.14 bits per heavy atom. The maximum absolute atomic E-state index is 13.6. The number of aryl methyl sites for hydroxylation is 2. The van der Waals surface area contributed by atoms with Crippen molar-refractivity contribution in [2.45, 2.75) is 40.7 Å². The highest BCUT2D eigenvalue weighted by atomic mass is 32.1. The van der Waals surface area contributed by atoms with Crippen molar-refractivity contribution in [2.24, 2.45) is 0 Å². The molecule has 0 saturated heterocycles. The summed E-state index contributed by atoms with van der Waals surface area (Å²) in [7, 11) is 1.68. The third-order valence-electron chi connectivity index (χ3n) is 5.47. The minimum absolute atomic E-state index is 0.0631. The largest absolute Gasteiger partial charge is 0.384 e. The quantitative estimate of drug-likeness (QED) is 0.526. The first kappa shape index (κ1) is 21.7. The highest BCUT2D eigenvalue weighted by Gasteiger charge is 2.20. The molecule has 0 unspecified atom stereocenters. The Kier molecular flexibility index (Phi) is 7.22. The molecule has 0 amide bonds. The van der Waals surface area contributed by atoms with Crippen LogP contribution in [0.4, 0.5) is 0 Å². The van der Waals surface area contributed by atoms with Crippen molar-refractivity contribution in [2.75, 3.05) is 33.4 Å². The fraction of sp³-hybridized carbons (Fsp3) is 0.478.